The lowest BCUT2D eigenvalue weighted by molar-refractivity contribution is 0.0927. The maximum absolute atomic E-state index is 11.7. The molecule has 1 N–H and O–H groups in total. The monoisotopic (exact) mass is 302 g/mol. The van der Waals surface area contributed by atoms with Crippen LogP contribution in [-0.4, -0.2) is 25.5 Å². The van der Waals surface area contributed by atoms with Crippen molar-refractivity contribution in [1.29, 1.82) is 0 Å². The summed E-state index contributed by atoms with van der Waals surface area (Å²) in [7, 11) is 0. The molecule has 3 rings (SSSR count). The number of benzene rings is 1. The highest BCUT2D eigenvalue weighted by molar-refractivity contribution is 5.92. The van der Waals surface area contributed by atoms with Crippen molar-refractivity contribution < 1.29 is 23.4 Å². The van der Waals surface area contributed by atoms with Crippen LogP contribution >= 0.6 is 0 Å². The summed E-state index contributed by atoms with van der Waals surface area (Å²) in [5.41, 5.74) is 3.05. The van der Waals surface area contributed by atoms with Crippen LogP contribution in [0.25, 0.3) is 0 Å². The topological polar surface area (TPSA) is 82.3 Å². The van der Waals surface area contributed by atoms with Crippen molar-refractivity contribution in [3.63, 3.8) is 0 Å². The molecule has 114 valence electrons. The third-order valence-electron chi connectivity index (χ3n) is 2.92. The highest BCUT2D eigenvalue weighted by Gasteiger charge is 2.17. The largest absolute Gasteiger partial charge is 0.493 e. The smallest absolute Gasteiger partial charge is 0.307 e. The zero-order valence-electron chi connectivity index (χ0n) is 11.9. The number of carbonyl (C=O) groups excluding carboxylic acids is 1. The van der Waals surface area contributed by atoms with Gasteiger partial charge in [0.1, 0.15) is 5.75 Å². The normalized spacial score (nSPS) is 12.6. The number of amides is 1. The van der Waals surface area contributed by atoms with Crippen molar-refractivity contribution in [3.8, 4) is 17.2 Å². The molecule has 0 atom stereocenters. The number of hydrazone groups is 1. The third kappa shape index (κ3) is 2.88. The predicted molar refractivity (Wildman–Crippen MR) is 77.5 cm³/mol. The van der Waals surface area contributed by atoms with Crippen molar-refractivity contribution in [2.24, 2.45) is 5.10 Å². The van der Waals surface area contributed by atoms with Crippen LogP contribution in [0.5, 0.6) is 17.2 Å². The minimum Gasteiger partial charge on any atom is -0.493 e. The second kappa shape index (κ2) is 6.21. The van der Waals surface area contributed by atoms with Crippen molar-refractivity contribution in [2.75, 3.05) is 13.4 Å². The highest BCUT2D eigenvalue weighted by atomic mass is 16.7. The molecule has 1 amide bonds. The molecule has 0 saturated heterocycles. The molecule has 0 fully saturated rings. The Bertz CT molecular complexity index is 694. The van der Waals surface area contributed by atoms with Gasteiger partial charge in [0.15, 0.2) is 17.3 Å². The standard InChI is InChI=1S/C15H14N2O5/c1-2-19-12-7-14-13(21-9-22-14)6-10(12)8-16-17-15(18)11-4-3-5-20-11/h3-8H,2,9H2,1H3,(H,17,18)/b16-8-. The molecule has 1 aliphatic heterocycles. The second-order valence-corrected chi connectivity index (χ2v) is 4.35. The Hall–Kier alpha value is -2.96. The van der Waals surface area contributed by atoms with Gasteiger partial charge in [-0.05, 0) is 25.1 Å². The van der Waals surface area contributed by atoms with E-state index in [-0.39, 0.29) is 12.6 Å². The molecule has 0 unspecified atom stereocenters. The molecule has 1 aromatic carbocycles. The van der Waals surface area contributed by atoms with Crippen LogP contribution in [0.2, 0.25) is 0 Å². The summed E-state index contributed by atoms with van der Waals surface area (Å²) < 4.78 is 21.1. The van der Waals surface area contributed by atoms with Gasteiger partial charge >= 0.3 is 5.91 Å². The summed E-state index contributed by atoms with van der Waals surface area (Å²) >= 11 is 0. The van der Waals surface area contributed by atoms with E-state index in [0.29, 0.717) is 29.4 Å². The van der Waals surface area contributed by atoms with Crippen molar-refractivity contribution in [3.05, 3.63) is 41.9 Å². The van der Waals surface area contributed by atoms with Crippen LogP contribution < -0.4 is 19.6 Å². The Morgan fingerprint density at radius 3 is 2.95 bits per heavy atom. The number of rotatable bonds is 5. The molecule has 1 aliphatic rings. The van der Waals surface area contributed by atoms with E-state index in [4.69, 9.17) is 18.6 Å². The van der Waals surface area contributed by atoms with Gasteiger partial charge in [-0.15, -0.1) is 0 Å². The Balaban J connectivity index is 1.76. The molecule has 0 spiro atoms. The van der Waals surface area contributed by atoms with E-state index in [0.717, 1.165) is 0 Å². The number of furan rings is 1. The lowest BCUT2D eigenvalue weighted by atomic mass is 10.2. The molecule has 22 heavy (non-hydrogen) atoms. The van der Waals surface area contributed by atoms with Crippen LogP contribution in [0.1, 0.15) is 23.0 Å². The first-order valence-electron chi connectivity index (χ1n) is 6.71. The van der Waals surface area contributed by atoms with Crippen LogP contribution in [0.3, 0.4) is 0 Å². The summed E-state index contributed by atoms with van der Waals surface area (Å²) in [4.78, 5) is 11.7. The lowest BCUT2D eigenvalue weighted by Crippen LogP contribution is -2.16. The summed E-state index contributed by atoms with van der Waals surface area (Å²) in [5, 5.41) is 3.90. The Kier molecular flexibility index (Phi) is 3.95. The highest BCUT2D eigenvalue weighted by Crippen LogP contribution is 2.37. The SMILES string of the molecule is CCOc1cc2c(cc1/C=N\NC(=O)c1ccco1)OCO2. The average molecular weight is 302 g/mol. The van der Waals surface area contributed by atoms with Crippen molar-refractivity contribution in [1.82, 2.24) is 5.43 Å². The number of ether oxygens (including phenoxy) is 3. The molecular formula is C15H14N2O5. The van der Waals surface area contributed by atoms with E-state index >= 15 is 0 Å². The van der Waals surface area contributed by atoms with E-state index < -0.39 is 5.91 Å². The predicted octanol–water partition coefficient (Wildman–Crippen LogP) is 2.17. The van der Waals surface area contributed by atoms with Crippen molar-refractivity contribution >= 4 is 12.1 Å². The molecule has 0 radical (unpaired) electrons. The molecule has 7 nitrogen and oxygen atoms in total. The quantitative estimate of drug-likeness (QED) is 0.676. The zero-order valence-corrected chi connectivity index (χ0v) is 11.9. The Labute approximate surface area is 126 Å². The Morgan fingerprint density at radius 2 is 2.23 bits per heavy atom. The number of hydrogen-bond acceptors (Lipinski definition) is 6. The number of fused-ring (bicyclic) bond motifs is 1. The average Bonchev–Trinajstić information content (AvgIpc) is 3.18. The maximum Gasteiger partial charge on any atom is 0.307 e. The molecule has 7 heteroatoms. The minimum absolute atomic E-state index is 0.177. The third-order valence-corrected chi connectivity index (χ3v) is 2.92. The van der Waals surface area contributed by atoms with Gasteiger partial charge in [0.2, 0.25) is 6.79 Å². The van der Waals surface area contributed by atoms with E-state index in [1.54, 1.807) is 24.3 Å². The van der Waals surface area contributed by atoms with Gasteiger partial charge in [-0.3, -0.25) is 4.79 Å². The molecule has 0 aliphatic carbocycles. The van der Waals surface area contributed by atoms with Gasteiger partial charge in [-0.2, -0.15) is 5.10 Å². The number of nitrogens with zero attached hydrogens (tertiary/aromatic N) is 1. The molecule has 1 aromatic heterocycles. The van der Waals surface area contributed by atoms with Crippen LogP contribution in [-0.2, 0) is 0 Å². The van der Waals surface area contributed by atoms with E-state index in [9.17, 15) is 4.79 Å². The van der Waals surface area contributed by atoms with Crippen LogP contribution in [0.15, 0.2) is 40.0 Å². The van der Waals surface area contributed by atoms with Gasteiger partial charge in [-0.1, -0.05) is 0 Å². The fourth-order valence-corrected chi connectivity index (χ4v) is 1.94. The molecular weight excluding hydrogens is 288 g/mol. The van der Waals surface area contributed by atoms with Gasteiger partial charge in [0, 0.05) is 11.6 Å². The molecule has 0 bridgehead atoms. The summed E-state index contributed by atoms with van der Waals surface area (Å²) in [6, 6.07) is 6.66. The summed E-state index contributed by atoms with van der Waals surface area (Å²) in [6.07, 6.45) is 2.90. The van der Waals surface area contributed by atoms with Crippen LogP contribution in [0, 0.1) is 0 Å². The Morgan fingerprint density at radius 1 is 1.41 bits per heavy atom. The first kappa shape index (κ1) is 14.0. The van der Waals surface area contributed by atoms with Crippen LogP contribution in [0.4, 0.5) is 0 Å². The van der Waals surface area contributed by atoms with Crippen molar-refractivity contribution in [2.45, 2.75) is 6.92 Å². The van der Waals surface area contributed by atoms with Gasteiger partial charge < -0.3 is 18.6 Å². The molecule has 0 saturated carbocycles. The number of carbonyl (C=O) groups is 1. The minimum atomic E-state index is -0.431. The molecule has 2 heterocycles. The van der Waals surface area contributed by atoms with E-state index in [2.05, 4.69) is 10.5 Å². The summed E-state index contributed by atoms with van der Waals surface area (Å²) in [5.74, 6) is 1.60. The second-order valence-electron chi connectivity index (χ2n) is 4.35. The fourth-order valence-electron chi connectivity index (χ4n) is 1.94. The first-order valence-corrected chi connectivity index (χ1v) is 6.71. The lowest BCUT2D eigenvalue weighted by Gasteiger charge is -2.08. The van der Waals surface area contributed by atoms with Gasteiger partial charge in [0.25, 0.3) is 0 Å². The fraction of sp³-hybridized carbons (Fsp3) is 0.200. The van der Waals surface area contributed by atoms with E-state index in [1.807, 2.05) is 6.92 Å². The summed E-state index contributed by atoms with van der Waals surface area (Å²) in [6.45, 7) is 2.56. The number of hydrogen-bond donors (Lipinski definition) is 1. The van der Waals surface area contributed by atoms with Gasteiger partial charge in [-0.25, -0.2) is 5.43 Å². The molecule has 2 aromatic rings. The van der Waals surface area contributed by atoms with Gasteiger partial charge in [0.05, 0.1) is 19.1 Å². The first-order chi connectivity index (χ1) is 10.8. The maximum atomic E-state index is 11.7. The zero-order chi connectivity index (χ0) is 15.4. The number of nitrogens with one attached hydrogen (secondary N) is 1. The van der Waals surface area contributed by atoms with E-state index in [1.165, 1.54) is 12.5 Å².